The molecule has 122 valence electrons. The molecule has 0 spiro atoms. The molecule has 2 aliphatic heterocycles. The lowest BCUT2D eigenvalue weighted by molar-refractivity contribution is -0.139. The number of nitrogens with zero attached hydrogens (tertiary/aromatic N) is 2. The Morgan fingerprint density at radius 1 is 1.04 bits per heavy atom. The van der Waals surface area contributed by atoms with E-state index in [1.165, 1.54) is 5.56 Å². The van der Waals surface area contributed by atoms with E-state index in [-0.39, 0.29) is 24.5 Å². The molecule has 1 saturated heterocycles. The van der Waals surface area contributed by atoms with Crippen molar-refractivity contribution in [2.75, 3.05) is 25.0 Å². The summed E-state index contributed by atoms with van der Waals surface area (Å²) in [5.74, 6) is 0.0176. The fourth-order valence-corrected chi connectivity index (χ4v) is 3.55. The van der Waals surface area contributed by atoms with Crippen LogP contribution in [-0.2, 0) is 11.2 Å². The third-order valence-corrected chi connectivity index (χ3v) is 4.76. The van der Waals surface area contributed by atoms with Crippen LogP contribution >= 0.6 is 0 Å². The Morgan fingerprint density at radius 2 is 1.79 bits per heavy atom. The molecule has 1 fully saturated rings. The molecule has 2 aromatic rings. The van der Waals surface area contributed by atoms with E-state index in [1.54, 1.807) is 4.90 Å². The fraction of sp³-hybridized carbons (Fsp3) is 0.263. The van der Waals surface area contributed by atoms with Crippen LogP contribution in [0.3, 0.4) is 0 Å². The maximum atomic E-state index is 12.5. The molecular formula is C19H19N3O2. The third-order valence-electron chi connectivity index (χ3n) is 4.76. The van der Waals surface area contributed by atoms with Crippen molar-refractivity contribution < 1.29 is 9.59 Å². The zero-order valence-corrected chi connectivity index (χ0v) is 13.3. The highest BCUT2D eigenvalue weighted by molar-refractivity contribution is 5.93. The maximum Gasteiger partial charge on any atom is 0.322 e. The summed E-state index contributed by atoms with van der Waals surface area (Å²) in [6.45, 7) is 1.40. The summed E-state index contributed by atoms with van der Waals surface area (Å²) in [4.78, 5) is 28.6. The van der Waals surface area contributed by atoms with E-state index >= 15 is 0 Å². The number of fused-ring (bicyclic) bond motifs is 3. The molecule has 5 heteroatoms. The molecule has 2 heterocycles. The Balaban J connectivity index is 1.56. The van der Waals surface area contributed by atoms with Gasteiger partial charge in [-0.15, -0.1) is 0 Å². The van der Waals surface area contributed by atoms with Crippen molar-refractivity contribution >= 4 is 17.6 Å². The Labute approximate surface area is 140 Å². The van der Waals surface area contributed by atoms with Gasteiger partial charge in [-0.25, -0.2) is 4.79 Å². The van der Waals surface area contributed by atoms with E-state index in [0.717, 1.165) is 24.2 Å². The number of rotatable bonds is 1. The van der Waals surface area contributed by atoms with E-state index in [1.807, 2.05) is 47.4 Å². The highest BCUT2D eigenvalue weighted by Gasteiger charge is 2.38. The lowest BCUT2D eigenvalue weighted by atomic mass is 9.91. The minimum absolute atomic E-state index is 0.0176. The molecule has 0 aromatic heterocycles. The van der Waals surface area contributed by atoms with E-state index in [0.29, 0.717) is 6.54 Å². The Kier molecular flexibility index (Phi) is 3.69. The Hall–Kier alpha value is -2.82. The van der Waals surface area contributed by atoms with E-state index in [4.69, 9.17) is 0 Å². The fourth-order valence-electron chi connectivity index (χ4n) is 3.55. The van der Waals surface area contributed by atoms with Gasteiger partial charge in [-0.1, -0.05) is 42.5 Å². The summed E-state index contributed by atoms with van der Waals surface area (Å²) in [7, 11) is 0. The van der Waals surface area contributed by atoms with Crippen LogP contribution in [0.25, 0.3) is 0 Å². The highest BCUT2D eigenvalue weighted by atomic mass is 16.2. The molecule has 1 N–H and O–H groups in total. The number of anilines is 1. The Bertz CT molecular complexity index is 775. The predicted molar refractivity (Wildman–Crippen MR) is 91.6 cm³/mol. The molecule has 0 saturated carbocycles. The number of hydrogen-bond donors (Lipinski definition) is 1. The normalized spacial score (nSPS) is 19.5. The molecule has 2 aliphatic rings. The minimum atomic E-state index is -0.225. The number of nitrogens with one attached hydrogen (secondary N) is 1. The van der Waals surface area contributed by atoms with Crippen LogP contribution in [0.15, 0.2) is 54.6 Å². The lowest BCUT2D eigenvalue weighted by Gasteiger charge is -2.44. The van der Waals surface area contributed by atoms with Crippen molar-refractivity contribution in [3.63, 3.8) is 0 Å². The van der Waals surface area contributed by atoms with Crippen LogP contribution in [0.4, 0.5) is 10.5 Å². The molecule has 2 aromatic carbocycles. The number of hydrogen-bond acceptors (Lipinski definition) is 2. The number of para-hydroxylation sites is 1. The van der Waals surface area contributed by atoms with E-state index in [9.17, 15) is 9.59 Å². The number of piperazine rings is 1. The molecule has 1 atom stereocenters. The second-order valence-corrected chi connectivity index (χ2v) is 6.23. The summed E-state index contributed by atoms with van der Waals surface area (Å²) in [6, 6.07) is 17.3. The standard InChI is InChI=1S/C19H19N3O2/c23-18-13-21(19(24)20-15-7-2-1-3-8-15)12-17-16-9-5-4-6-14(16)10-11-22(17)18/h1-9,17H,10-13H2,(H,20,24)/t17-/m1/s1. The SMILES string of the molecule is O=C(Nc1ccccc1)N1CC(=O)N2CCc3ccccc3[C@H]2C1. The lowest BCUT2D eigenvalue weighted by Crippen LogP contribution is -2.56. The van der Waals surface area contributed by atoms with Gasteiger partial charge in [0.15, 0.2) is 0 Å². The van der Waals surface area contributed by atoms with Gasteiger partial charge in [0, 0.05) is 18.8 Å². The average molecular weight is 321 g/mol. The number of amides is 3. The highest BCUT2D eigenvalue weighted by Crippen LogP contribution is 2.33. The van der Waals surface area contributed by atoms with Gasteiger partial charge >= 0.3 is 6.03 Å². The summed E-state index contributed by atoms with van der Waals surface area (Å²) in [5.41, 5.74) is 3.17. The first-order valence-electron chi connectivity index (χ1n) is 8.20. The van der Waals surface area contributed by atoms with E-state index in [2.05, 4.69) is 17.4 Å². The summed E-state index contributed by atoms with van der Waals surface area (Å²) in [6.07, 6.45) is 0.884. The third kappa shape index (κ3) is 2.62. The number of carbonyl (C=O) groups is 2. The second-order valence-electron chi connectivity index (χ2n) is 6.23. The number of benzene rings is 2. The van der Waals surface area contributed by atoms with Gasteiger partial charge < -0.3 is 15.1 Å². The van der Waals surface area contributed by atoms with Crippen molar-refractivity contribution in [1.82, 2.24) is 9.80 Å². The van der Waals surface area contributed by atoms with Gasteiger partial charge in [0.25, 0.3) is 0 Å². The monoisotopic (exact) mass is 321 g/mol. The van der Waals surface area contributed by atoms with Gasteiger partial charge in [0.1, 0.15) is 6.54 Å². The van der Waals surface area contributed by atoms with Gasteiger partial charge in [-0.05, 0) is 29.7 Å². The van der Waals surface area contributed by atoms with Crippen LogP contribution in [0.1, 0.15) is 17.2 Å². The smallest absolute Gasteiger partial charge is 0.322 e. The molecule has 0 bridgehead atoms. The van der Waals surface area contributed by atoms with Gasteiger partial charge in [-0.3, -0.25) is 4.79 Å². The first kappa shape index (κ1) is 14.8. The second kappa shape index (κ2) is 6.00. The molecule has 3 amide bonds. The van der Waals surface area contributed by atoms with Crippen LogP contribution in [-0.4, -0.2) is 41.4 Å². The summed E-state index contributed by atoms with van der Waals surface area (Å²) in [5, 5.41) is 2.87. The van der Waals surface area contributed by atoms with Crippen LogP contribution in [0, 0.1) is 0 Å². The van der Waals surface area contributed by atoms with Crippen molar-refractivity contribution in [1.29, 1.82) is 0 Å². The quantitative estimate of drug-likeness (QED) is 0.878. The maximum absolute atomic E-state index is 12.5. The minimum Gasteiger partial charge on any atom is -0.332 e. The largest absolute Gasteiger partial charge is 0.332 e. The molecular weight excluding hydrogens is 302 g/mol. The van der Waals surface area contributed by atoms with Gasteiger partial charge in [-0.2, -0.15) is 0 Å². The Morgan fingerprint density at radius 3 is 2.62 bits per heavy atom. The predicted octanol–water partition coefficient (Wildman–Crippen LogP) is 2.66. The summed E-state index contributed by atoms with van der Waals surface area (Å²) < 4.78 is 0. The van der Waals surface area contributed by atoms with Crippen molar-refractivity contribution in [2.45, 2.75) is 12.5 Å². The first-order chi connectivity index (χ1) is 11.7. The molecule has 0 radical (unpaired) electrons. The first-order valence-corrected chi connectivity index (χ1v) is 8.20. The average Bonchev–Trinajstić information content (AvgIpc) is 2.62. The topological polar surface area (TPSA) is 52.7 Å². The van der Waals surface area contributed by atoms with Crippen molar-refractivity contribution in [3.8, 4) is 0 Å². The van der Waals surface area contributed by atoms with Crippen molar-refractivity contribution in [3.05, 3.63) is 65.7 Å². The van der Waals surface area contributed by atoms with Crippen LogP contribution in [0.2, 0.25) is 0 Å². The number of urea groups is 1. The molecule has 0 aliphatic carbocycles. The van der Waals surface area contributed by atoms with Gasteiger partial charge in [0.2, 0.25) is 5.91 Å². The number of carbonyl (C=O) groups excluding carboxylic acids is 2. The van der Waals surface area contributed by atoms with Crippen LogP contribution in [0.5, 0.6) is 0 Å². The molecule has 5 nitrogen and oxygen atoms in total. The van der Waals surface area contributed by atoms with Crippen molar-refractivity contribution in [2.24, 2.45) is 0 Å². The molecule has 24 heavy (non-hydrogen) atoms. The molecule has 4 rings (SSSR count). The van der Waals surface area contributed by atoms with Gasteiger partial charge in [0.05, 0.1) is 6.04 Å². The van der Waals surface area contributed by atoms with E-state index < -0.39 is 0 Å². The zero-order valence-electron chi connectivity index (χ0n) is 13.3. The zero-order chi connectivity index (χ0) is 16.5. The van der Waals surface area contributed by atoms with Crippen LogP contribution < -0.4 is 5.32 Å². The molecule has 0 unspecified atom stereocenters. The summed E-state index contributed by atoms with van der Waals surface area (Å²) >= 11 is 0.